The minimum Gasteiger partial charge on any atom is -0.389 e. The topological polar surface area (TPSA) is 32.3 Å². The van der Waals surface area contributed by atoms with Crippen LogP contribution in [-0.4, -0.2) is 23.8 Å². The second-order valence-electron chi connectivity index (χ2n) is 4.77. The molecule has 0 saturated carbocycles. The summed E-state index contributed by atoms with van der Waals surface area (Å²) in [5.74, 6) is 0. The summed E-state index contributed by atoms with van der Waals surface area (Å²) in [6.07, 6.45) is 3.58. The van der Waals surface area contributed by atoms with Crippen LogP contribution in [-0.2, 0) is 12.8 Å². The fourth-order valence-electron chi connectivity index (χ4n) is 2.50. The van der Waals surface area contributed by atoms with Gasteiger partial charge in [0.05, 0.1) is 5.60 Å². The molecule has 2 rings (SSSR count). The molecule has 0 atom stereocenters. The monoisotopic (exact) mass is 219 g/mol. The van der Waals surface area contributed by atoms with Gasteiger partial charge < -0.3 is 10.4 Å². The van der Waals surface area contributed by atoms with E-state index in [1.54, 1.807) is 0 Å². The van der Waals surface area contributed by atoms with E-state index >= 15 is 0 Å². The number of benzene rings is 1. The highest BCUT2D eigenvalue weighted by atomic mass is 16.3. The predicted molar refractivity (Wildman–Crippen MR) is 66.6 cm³/mol. The maximum atomic E-state index is 10.5. The molecule has 0 radical (unpaired) electrons. The fraction of sp³-hybridized carbons (Fsp3) is 0.571. The lowest BCUT2D eigenvalue weighted by Gasteiger charge is -2.33. The van der Waals surface area contributed by atoms with Crippen molar-refractivity contribution in [3.05, 3.63) is 35.4 Å². The van der Waals surface area contributed by atoms with E-state index < -0.39 is 5.60 Å². The maximum absolute atomic E-state index is 10.5. The average molecular weight is 219 g/mol. The van der Waals surface area contributed by atoms with Gasteiger partial charge in [-0.1, -0.05) is 31.2 Å². The third-order valence-electron chi connectivity index (χ3n) is 3.55. The van der Waals surface area contributed by atoms with Gasteiger partial charge in [0, 0.05) is 6.42 Å². The molecule has 0 aliphatic carbocycles. The first-order valence-electron chi connectivity index (χ1n) is 6.23. The molecule has 1 aromatic carbocycles. The first-order valence-corrected chi connectivity index (χ1v) is 6.23. The van der Waals surface area contributed by atoms with Gasteiger partial charge in [-0.2, -0.15) is 0 Å². The molecule has 2 nitrogen and oxygen atoms in total. The van der Waals surface area contributed by atoms with Crippen molar-refractivity contribution in [2.45, 2.75) is 38.2 Å². The molecule has 1 aromatic rings. The first kappa shape index (κ1) is 11.6. The summed E-state index contributed by atoms with van der Waals surface area (Å²) in [7, 11) is 0. The zero-order chi connectivity index (χ0) is 11.4. The second kappa shape index (κ2) is 4.98. The zero-order valence-corrected chi connectivity index (χ0v) is 10.00. The van der Waals surface area contributed by atoms with Crippen LogP contribution in [0.15, 0.2) is 24.3 Å². The minimum absolute atomic E-state index is 0.490. The van der Waals surface area contributed by atoms with Crippen LogP contribution >= 0.6 is 0 Å². The third-order valence-corrected chi connectivity index (χ3v) is 3.55. The molecular weight excluding hydrogens is 198 g/mol. The van der Waals surface area contributed by atoms with Crippen LogP contribution in [0, 0.1) is 0 Å². The molecule has 0 spiro atoms. The van der Waals surface area contributed by atoms with Gasteiger partial charge >= 0.3 is 0 Å². The summed E-state index contributed by atoms with van der Waals surface area (Å²) in [5, 5.41) is 13.8. The van der Waals surface area contributed by atoms with Crippen molar-refractivity contribution in [2.24, 2.45) is 0 Å². The van der Waals surface area contributed by atoms with Gasteiger partial charge in [-0.05, 0) is 43.5 Å². The average Bonchev–Trinajstić information content (AvgIpc) is 2.30. The van der Waals surface area contributed by atoms with E-state index in [4.69, 9.17) is 0 Å². The lowest BCUT2D eigenvalue weighted by molar-refractivity contribution is 0.0107. The van der Waals surface area contributed by atoms with Crippen LogP contribution in [0.4, 0.5) is 0 Å². The molecule has 2 heteroatoms. The van der Waals surface area contributed by atoms with Gasteiger partial charge in [0.1, 0.15) is 0 Å². The number of nitrogens with one attached hydrogen (secondary N) is 1. The Kier molecular flexibility index (Phi) is 3.62. The lowest BCUT2D eigenvalue weighted by Crippen LogP contribution is -2.43. The van der Waals surface area contributed by atoms with Crippen molar-refractivity contribution in [1.29, 1.82) is 0 Å². The van der Waals surface area contributed by atoms with Crippen molar-refractivity contribution in [1.82, 2.24) is 5.32 Å². The van der Waals surface area contributed by atoms with E-state index in [0.29, 0.717) is 0 Å². The Morgan fingerprint density at radius 1 is 1.19 bits per heavy atom. The largest absolute Gasteiger partial charge is 0.389 e. The quantitative estimate of drug-likeness (QED) is 0.814. The summed E-state index contributed by atoms with van der Waals surface area (Å²) in [5.41, 5.74) is 2.19. The summed E-state index contributed by atoms with van der Waals surface area (Å²) < 4.78 is 0. The molecule has 1 saturated heterocycles. The van der Waals surface area contributed by atoms with E-state index in [2.05, 4.69) is 36.5 Å². The lowest BCUT2D eigenvalue weighted by atomic mass is 9.84. The van der Waals surface area contributed by atoms with Gasteiger partial charge in [0.15, 0.2) is 0 Å². The predicted octanol–water partition coefficient (Wildman–Crippen LogP) is 1.91. The molecule has 1 fully saturated rings. The zero-order valence-electron chi connectivity index (χ0n) is 10.00. The van der Waals surface area contributed by atoms with Crippen LogP contribution in [0.2, 0.25) is 0 Å². The van der Waals surface area contributed by atoms with Crippen LogP contribution < -0.4 is 5.32 Å². The summed E-state index contributed by atoms with van der Waals surface area (Å²) in [6.45, 7) is 4.04. The minimum atomic E-state index is -0.490. The van der Waals surface area contributed by atoms with Crippen LogP contribution in [0.5, 0.6) is 0 Å². The van der Waals surface area contributed by atoms with Crippen molar-refractivity contribution >= 4 is 0 Å². The Labute approximate surface area is 97.7 Å². The highest BCUT2D eigenvalue weighted by molar-refractivity contribution is 5.28. The van der Waals surface area contributed by atoms with Gasteiger partial charge in [0.2, 0.25) is 0 Å². The number of rotatable bonds is 3. The molecule has 0 amide bonds. The third kappa shape index (κ3) is 2.63. The van der Waals surface area contributed by atoms with Gasteiger partial charge in [-0.25, -0.2) is 0 Å². The van der Waals surface area contributed by atoms with Crippen LogP contribution in [0.25, 0.3) is 0 Å². The summed E-state index contributed by atoms with van der Waals surface area (Å²) in [4.78, 5) is 0. The Bertz CT molecular complexity index is 342. The molecule has 1 aliphatic heterocycles. The highest BCUT2D eigenvalue weighted by Crippen LogP contribution is 2.25. The van der Waals surface area contributed by atoms with E-state index in [1.165, 1.54) is 11.1 Å². The number of hydrogen-bond acceptors (Lipinski definition) is 2. The molecular formula is C14H21NO. The van der Waals surface area contributed by atoms with E-state index in [1.807, 2.05) is 0 Å². The van der Waals surface area contributed by atoms with Crippen molar-refractivity contribution < 1.29 is 5.11 Å². The number of piperidine rings is 1. The van der Waals surface area contributed by atoms with Gasteiger partial charge in [-0.3, -0.25) is 0 Å². The molecule has 1 heterocycles. The molecule has 0 aromatic heterocycles. The Balaban J connectivity index is 2.12. The number of aryl methyl sites for hydroxylation is 1. The fourth-order valence-corrected chi connectivity index (χ4v) is 2.50. The maximum Gasteiger partial charge on any atom is 0.0712 e. The molecule has 2 N–H and O–H groups in total. The van der Waals surface area contributed by atoms with Gasteiger partial charge in [-0.15, -0.1) is 0 Å². The Morgan fingerprint density at radius 2 is 1.81 bits per heavy atom. The number of aliphatic hydroxyl groups is 1. The van der Waals surface area contributed by atoms with Crippen LogP contribution in [0.3, 0.4) is 0 Å². The smallest absolute Gasteiger partial charge is 0.0712 e. The normalized spacial score (nSPS) is 19.6. The standard InChI is InChI=1S/C14H21NO/c1-2-12-5-3-4-6-13(12)11-14(16)7-9-15-10-8-14/h3-6,15-16H,2,7-11H2,1H3. The summed E-state index contributed by atoms with van der Waals surface area (Å²) >= 11 is 0. The van der Waals surface area contributed by atoms with E-state index in [9.17, 15) is 5.11 Å². The molecule has 88 valence electrons. The molecule has 0 unspecified atom stereocenters. The van der Waals surface area contributed by atoms with Crippen molar-refractivity contribution in [3.8, 4) is 0 Å². The molecule has 1 aliphatic rings. The summed E-state index contributed by atoms with van der Waals surface area (Å²) in [6, 6.07) is 8.46. The number of hydrogen-bond donors (Lipinski definition) is 2. The van der Waals surface area contributed by atoms with E-state index in [-0.39, 0.29) is 0 Å². The van der Waals surface area contributed by atoms with Crippen LogP contribution in [0.1, 0.15) is 30.9 Å². The van der Waals surface area contributed by atoms with Crippen molar-refractivity contribution in [2.75, 3.05) is 13.1 Å². The Hall–Kier alpha value is -0.860. The van der Waals surface area contributed by atoms with Crippen molar-refractivity contribution in [3.63, 3.8) is 0 Å². The molecule has 16 heavy (non-hydrogen) atoms. The molecule has 0 bridgehead atoms. The van der Waals surface area contributed by atoms with Gasteiger partial charge in [0.25, 0.3) is 0 Å². The SMILES string of the molecule is CCc1ccccc1CC1(O)CCNCC1. The Morgan fingerprint density at radius 3 is 2.44 bits per heavy atom. The van der Waals surface area contributed by atoms with E-state index in [0.717, 1.165) is 38.8 Å². The highest BCUT2D eigenvalue weighted by Gasteiger charge is 2.29. The second-order valence-corrected chi connectivity index (χ2v) is 4.77. The first-order chi connectivity index (χ1) is 7.73.